The van der Waals surface area contributed by atoms with Crippen LogP contribution in [0.2, 0.25) is 0 Å². The Bertz CT molecular complexity index is 2040. The Morgan fingerprint density at radius 1 is 1.06 bits per heavy atom. The third kappa shape index (κ3) is 5.91. The van der Waals surface area contributed by atoms with Crippen molar-refractivity contribution in [3.63, 3.8) is 0 Å². The molecule has 0 bridgehead atoms. The predicted molar refractivity (Wildman–Crippen MR) is 184 cm³/mol. The number of pyridine rings is 1. The molecule has 2 aromatic carbocycles. The first kappa shape index (κ1) is 32.1. The number of thiophene rings is 1. The number of hydrogen-bond donors (Lipinski definition) is 0. The van der Waals surface area contributed by atoms with Crippen LogP contribution in [0.4, 0.5) is 8.78 Å². The molecule has 11 heteroatoms. The predicted octanol–water partition coefficient (Wildman–Crippen LogP) is 6.74. The maximum Gasteiger partial charge on any atom is 0.246 e. The van der Waals surface area contributed by atoms with Crippen LogP contribution in [0.15, 0.2) is 60.5 Å². The number of methoxy groups -OCH3 is 1. The Morgan fingerprint density at radius 2 is 1.88 bits per heavy atom. The van der Waals surface area contributed by atoms with E-state index in [1.165, 1.54) is 41.7 Å². The summed E-state index contributed by atoms with van der Waals surface area (Å²) < 4.78 is 44.6. The van der Waals surface area contributed by atoms with Crippen LogP contribution in [0, 0.1) is 11.6 Å². The molecule has 2 aliphatic heterocycles. The second-order valence-corrected chi connectivity index (χ2v) is 13.4. The molecule has 8 nitrogen and oxygen atoms in total. The highest BCUT2D eigenvalue weighted by atomic mass is 32.1. The second-order valence-electron chi connectivity index (χ2n) is 12.5. The van der Waals surface area contributed by atoms with Crippen LogP contribution < -0.4 is 4.74 Å². The van der Waals surface area contributed by atoms with Gasteiger partial charge >= 0.3 is 0 Å². The maximum atomic E-state index is 16.1. The van der Waals surface area contributed by atoms with Crippen LogP contribution in [0.3, 0.4) is 0 Å². The van der Waals surface area contributed by atoms with Crippen LogP contribution in [-0.4, -0.2) is 77.0 Å². The Labute approximate surface area is 282 Å². The normalized spacial score (nSPS) is 16.4. The summed E-state index contributed by atoms with van der Waals surface area (Å²) in [5.74, 6) is -1.60. The summed E-state index contributed by atoms with van der Waals surface area (Å²) in [5, 5.41) is 7.80. The molecule has 0 spiro atoms. The summed E-state index contributed by atoms with van der Waals surface area (Å²) in [6.07, 6.45) is 3.24. The van der Waals surface area contributed by atoms with Gasteiger partial charge in [0.1, 0.15) is 35.4 Å². The first-order valence-corrected chi connectivity index (χ1v) is 17.0. The van der Waals surface area contributed by atoms with Crippen molar-refractivity contribution in [2.24, 2.45) is 0 Å². The third-order valence-electron chi connectivity index (χ3n) is 9.29. The second kappa shape index (κ2) is 13.2. The van der Waals surface area contributed by atoms with Crippen molar-refractivity contribution in [3.05, 3.63) is 89.0 Å². The molecule has 0 radical (unpaired) electrons. The number of ether oxygens (including phenoxy) is 2. The zero-order chi connectivity index (χ0) is 33.5. The van der Waals surface area contributed by atoms with Gasteiger partial charge in [0.05, 0.1) is 36.6 Å². The van der Waals surface area contributed by atoms with E-state index in [-0.39, 0.29) is 36.5 Å². The lowest BCUT2D eigenvalue weighted by atomic mass is 9.94. The number of carbonyl (C=O) groups is 1. The summed E-state index contributed by atoms with van der Waals surface area (Å²) >= 11 is 1.47. The zero-order valence-electron chi connectivity index (χ0n) is 27.3. The molecule has 0 aliphatic carbocycles. The van der Waals surface area contributed by atoms with Gasteiger partial charge in [-0.3, -0.25) is 9.48 Å². The van der Waals surface area contributed by atoms with Crippen molar-refractivity contribution in [2.45, 2.75) is 38.9 Å². The molecule has 0 unspecified atom stereocenters. The van der Waals surface area contributed by atoms with E-state index < -0.39 is 11.6 Å². The smallest absolute Gasteiger partial charge is 0.246 e. The number of nitrogens with zero attached hydrogens (tertiary/aromatic N) is 5. The van der Waals surface area contributed by atoms with E-state index in [1.807, 2.05) is 29.1 Å². The van der Waals surface area contributed by atoms with Crippen molar-refractivity contribution >= 4 is 27.3 Å². The molecule has 3 aromatic heterocycles. The van der Waals surface area contributed by atoms with Crippen LogP contribution in [0.5, 0.6) is 5.75 Å². The maximum absolute atomic E-state index is 16.1. The number of halogens is 2. The van der Waals surface area contributed by atoms with E-state index in [4.69, 9.17) is 19.6 Å². The molecule has 1 amide bonds. The molecule has 2 aliphatic rings. The molecule has 0 saturated carbocycles. The lowest BCUT2D eigenvalue weighted by Crippen LogP contribution is -2.44. The van der Waals surface area contributed by atoms with Crippen molar-refractivity contribution in [1.29, 1.82) is 0 Å². The van der Waals surface area contributed by atoms with E-state index in [2.05, 4.69) is 36.7 Å². The standard InChI is InChI=1S/C37H37F2N5O3S/c1-5-32(45)43-21-27-19-30(41-44(27)20-22(43)2)36-34(33-29(39)17-26(38)18-31(33)47-14-13-46-4)37-28(10-15-48-37)35(40-36)25-7-6-23-8-11-42(3)12-9-24(23)16-25/h5-7,10,15-19,22H,1,8-9,11-14,20-21H2,2-4H3/t22-/m1/s1. The number of fused-ring (bicyclic) bond motifs is 3. The van der Waals surface area contributed by atoms with Gasteiger partial charge in [0.15, 0.2) is 0 Å². The molecule has 5 heterocycles. The lowest BCUT2D eigenvalue weighted by Gasteiger charge is -2.33. The highest BCUT2D eigenvalue weighted by Crippen LogP contribution is 2.47. The zero-order valence-corrected chi connectivity index (χ0v) is 28.1. The number of aromatic nitrogens is 3. The number of likely N-dealkylation sites (N-methyl/N-ethyl adjacent to an activating group) is 1. The fourth-order valence-electron chi connectivity index (χ4n) is 6.74. The summed E-state index contributed by atoms with van der Waals surface area (Å²) in [7, 11) is 3.69. The number of carbonyl (C=O) groups excluding carboxylic acids is 1. The van der Waals surface area contributed by atoms with Crippen molar-refractivity contribution < 1.29 is 23.0 Å². The summed E-state index contributed by atoms with van der Waals surface area (Å²) in [4.78, 5) is 22.0. The molecule has 5 aromatic rings. The number of benzene rings is 2. The number of rotatable bonds is 8. The highest BCUT2D eigenvalue weighted by molar-refractivity contribution is 7.18. The number of hydrogen-bond acceptors (Lipinski definition) is 7. The van der Waals surface area contributed by atoms with Crippen LogP contribution in [0.1, 0.15) is 23.7 Å². The van der Waals surface area contributed by atoms with E-state index >= 15 is 4.39 Å². The minimum absolute atomic E-state index is 0.0598. The Kier molecular flexibility index (Phi) is 8.84. The van der Waals surface area contributed by atoms with Crippen LogP contribution in [-0.2, 0) is 35.5 Å². The minimum Gasteiger partial charge on any atom is -0.490 e. The summed E-state index contributed by atoms with van der Waals surface area (Å²) in [6.45, 7) is 8.80. The lowest BCUT2D eigenvalue weighted by molar-refractivity contribution is -0.129. The summed E-state index contributed by atoms with van der Waals surface area (Å²) in [5.41, 5.74) is 6.75. The third-order valence-corrected chi connectivity index (χ3v) is 10.2. The Hall–Kier alpha value is -4.45. The Balaban J connectivity index is 1.46. The molecule has 0 N–H and O–H groups in total. The van der Waals surface area contributed by atoms with Gasteiger partial charge in [-0.05, 0) is 67.6 Å². The first-order chi connectivity index (χ1) is 23.2. The number of amides is 1. The summed E-state index contributed by atoms with van der Waals surface area (Å²) in [6, 6.07) is 12.4. The van der Waals surface area contributed by atoms with Crippen LogP contribution >= 0.6 is 11.3 Å². The average molecular weight is 670 g/mol. The minimum atomic E-state index is -0.762. The molecule has 0 fully saturated rings. The van der Waals surface area contributed by atoms with Crippen molar-refractivity contribution in [1.82, 2.24) is 24.6 Å². The van der Waals surface area contributed by atoms with Crippen LogP contribution in [0.25, 0.3) is 43.9 Å². The molecule has 0 saturated heterocycles. The Morgan fingerprint density at radius 3 is 2.67 bits per heavy atom. The molecule has 1 atom stereocenters. The molecule has 7 rings (SSSR count). The quantitative estimate of drug-likeness (QED) is 0.135. The fourth-order valence-corrected chi connectivity index (χ4v) is 7.68. The highest BCUT2D eigenvalue weighted by Gasteiger charge is 2.30. The van der Waals surface area contributed by atoms with Gasteiger partial charge in [0.2, 0.25) is 5.91 Å². The van der Waals surface area contributed by atoms with E-state index in [1.54, 1.807) is 4.90 Å². The van der Waals surface area contributed by atoms with E-state index in [9.17, 15) is 9.18 Å². The van der Waals surface area contributed by atoms with Gasteiger partial charge in [0, 0.05) is 59.6 Å². The van der Waals surface area contributed by atoms with Gasteiger partial charge in [-0.15, -0.1) is 11.3 Å². The van der Waals surface area contributed by atoms with Gasteiger partial charge < -0.3 is 19.3 Å². The van der Waals surface area contributed by atoms with Gasteiger partial charge in [0.25, 0.3) is 0 Å². The first-order valence-electron chi connectivity index (χ1n) is 16.1. The monoisotopic (exact) mass is 669 g/mol. The SMILES string of the molecule is C=CC(=O)N1Cc2cc(-c3nc(-c4ccc5c(c4)CCN(C)CC5)c4ccsc4c3-c3c(F)cc(F)cc3OCCOC)nn2C[C@H]1C. The molecular weight excluding hydrogens is 633 g/mol. The largest absolute Gasteiger partial charge is 0.490 e. The van der Waals surface area contributed by atoms with Crippen molar-refractivity contribution in [2.75, 3.05) is 40.5 Å². The van der Waals surface area contributed by atoms with E-state index in [0.717, 1.165) is 59.0 Å². The van der Waals surface area contributed by atoms with Gasteiger partial charge in [-0.2, -0.15) is 5.10 Å². The van der Waals surface area contributed by atoms with Gasteiger partial charge in [-0.1, -0.05) is 18.7 Å². The fraction of sp³-hybridized carbons (Fsp3) is 0.324. The molecule has 248 valence electrons. The average Bonchev–Trinajstić information content (AvgIpc) is 3.68. The van der Waals surface area contributed by atoms with Gasteiger partial charge in [-0.25, -0.2) is 13.8 Å². The molecular formula is C37H37F2N5O3S. The van der Waals surface area contributed by atoms with Crippen molar-refractivity contribution in [3.8, 4) is 39.5 Å². The molecule has 48 heavy (non-hydrogen) atoms. The van der Waals surface area contributed by atoms with E-state index in [0.29, 0.717) is 30.0 Å². The topological polar surface area (TPSA) is 72.7 Å².